The van der Waals surface area contributed by atoms with Crippen LogP contribution in [0.2, 0.25) is 0 Å². The third-order valence-electron chi connectivity index (χ3n) is 4.21. The summed E-state index contributed by atoms with van der Waals surface area (Å²) in [4.78, 5) is 16.7. The first-order chi connectivity index (χ1) is 10.6. The van der Waals surface area contributed by atoms with Crippen LogP contribution in [0.1, 0.15) is 37.3 Å². The number of benzene rings is 1. The maximum absolute atomic E-state index is 12.4. The van der Waals surface area contributed by atoms with Crippen molar-refractivity contribution in [1.82, 2.24) is 9.80 Å². The van der Waals surface area contributed by atoms with E-state index >= 15 is 0 Å². The fourth-order valence-electron chi connectivity index (χ4n) is 3.01. The van der Waals surface area contributed by atoms with Crippen molar-refractivity contribution in [2.45, 2.75) is 40.0 Å². The van der Waals surface area contributed by atoms with Gasteiger partial charge in [-0.1, -0.05) is 25.8 Å². The van der Waals surface area contributed by atoms with Gasteiger partial charge in [0.1, 0.15) is 0 Å². The molecule has 1 aliphatic heterocycles. The minimum Gasteiger partial charge on any atom is -0.322 e. The number of piperazine rings is 1. The number of carbonyl (C=O) groups excluding carboxylic acids is 1. The lowest BCUT2D eigenvalue weighted by Gasteiger charge is -2.34. The number of rotatable bonds is 5. The Morgan fingerprint density at radius 3 is 2.27 bits per heavy atom. The Morgan fingerprint density at radius 2 is 1.68 bits per heavy atom. The largest absolute Gasteiger partial charge is 0.322 e. The molecule has 0 saturated carbocycles. The first kappa shape index (κ1) is 16.8. The number of hydrogen-bond donors (Lipinski definition) is 1. The molecule has 0 unspecified atom stereocenters. The molecule has 1 aromatic carbocycles. The van der Waals surface area contributed by atoms with Crippen LogP contribution >= 0.6 is 0 Å². The van der Waals surface area contributed by atoms with E-state index in [9.17, 15) is 4.79 Å². The van der Waals surface area contributed by atoms with Crippen molar-refractivity contribution in [3.05, 3.63) is 29.3 Å². The van der Waals surface area contributed by atoms with Crippen molar-refractivity contribution in [3.8, 4) is 0 Å². The van der Waals surface area contributed by atoms with Crippen LogP contribution in [-0.4, -0.2) is 48.6 Å². The summed E-state index contributed by atoms with van der Waals surface area (Å²) >= 11 is 0. The third-order valence-corrected chi connectivity index (χ3v) is 4.21. The number of carbonyl (C=O) groups is 1. The maximum atomic E-state index is 12.4. The molecule has 4 heteroatoms. The predicted octanol–water partition coefficient (Wildman–Crippen LogP) is 3.64. The van der Waals surface area contributed by atoms with Gasteiger partial charge in [0.15, 0.2) is 0 Å². The van der Waals surface area contributed by atoms with Crippen molar-refractivity contribution < 1.29 is 4.79 Å². The minimum atomic E-state index is 0.0261. The van der Waals surface area contributed by atoms with E-state index in [0.717, 1.165) is 31.9 Å². The molecule has 1 fully saturated rings. The molecule has 0 aromatic heterocycles. The summed E-state index contributed by atoms with van der Waals surface area (Å²) in [6.07, 6.45) is 3.83. The van der Waals surface area contributed by atoms with E-state index < -0.39 is 0 Å². The fourth-order valence-corrected chi connectivity index (χ4v) is 3.01. The molecule has 0 radical (unpaired) electrons. The van der Waals surface area contributed by atoms with Crippen molar-refractivity contribution >= 4 is 11.7 Å². The van der Waals surface area contributed by atoms with Gasteiger partial charge in [-0.2, -0.15) is 0 Å². The number of aryl methyl sites for hydroxylation is 2. The van der Waals surface area contributed by atoms with Gasteiger partial charge in [0.05, 0.1) is 0 Å². The van der Waals surface area contributed by atoms with Gasteiger partial charge >= 0.3 is 6.03 Å². The highest BCUT2D eigenvalue weighted by atomic mass is 16.2. The molecule has 22 heavy (non-hydrogen) atoms. The molecule has 1 saturated heterocycles. The standard InChI is InChI=1S/C18H29N3O/c1-4-5-6-7-20-8-10-21(11-9-20)18(22)19-17-13-15(2)12-16(3)14-17/h12-14H,4-11H2,1-3H3,(H,19,22). The molecule has 1 aliphatic rings. The molecular weight excluding hydrogens is 274 g/mol. The van der Waals surface area contributed by atoms with Crippen molar-refractivity contribution in [2.75, 3.05) is 38.0 Å². The van der Waals surface area contributed by atoms with Crippen molar-refractivity contribution in [1.29, 1.82) is 0 Å². The van der Waals surface area contributed by atoms with Crippen molar-refractivity contribution in [3.63, 3.8) is 0 Å². The van der Waals surface area contributed by atoms with Gasteiger partial charge < -0.3 is 10.2 Å². The molecule has 122 valence electrons. The molecule has 2 rings (SSSR count). The Kier molecular flexibility index (Phi) is 6.25. The van der Waals surface area contributed by atoms with E-state index in [0.29, 0.717) is 0 Å². The first-order valence-electron chi connectivity index (χ1n) is 8.45. The van der Waals surface area contributed by atoms with E-state index in [1.54, 1.807) is 0 Å². The quantitative estimate of drug-likeness (QED) is 0.843. The topological polar surface area (TPSA) is 35.6 Å². The Balaban J connectivity index is 1.79. The SMILES string of the molecule is CCCCCN1CCN(C(=O)Nc2cc(C)cc(C)c2)CC1. The summed E-state index contributed by atoms with van der Waals surface area (Å²) in [6, 6.07) is 6.18. The van der Waals surface area contributed by atoms with Crippen LogP contribution in [-0.2, 0) is 0 Å². The lowest BCUT2D eigenvalue weighted by molar-refractivity contribution is 0.146. The maximum Gasteiger partial charge on any atom is 0.321 e. The highest BCUT2D eigenvalue weighted by Gasteiger charge is 2.20. The molecule has 2 amide bonds. The normalized spacial score (nSPS) is 15.9. The van der Waals surface area contributed by atoms with Crippen LogP contribution in [0.25, 0.3) is 0 Å². The zero-order valence-electron chi connectivity index (χ0n) is 14.2. The number of hydrogen-bond acceptors (Lipinski definition) is 2. The van der Waals surface area contributed by atoms with Gasteiger partial charge in [-0.3, -0.25) is 4.90 Å². The number of nitrogens with zero attached hydrogens (tertiary/aromatic N) is 2. The predicted molar refractivity (Wildman–Crippen MR) is 92.5 cm³/mol. The summed E-state index contributed by atoms with van der Waals surface area (Å²) in [5.41, 5.74) is 3.25. The van der Waals surface area contributed by atoms with Gasteiger partial charge in [-0.05, 0) is 50.1 Å². The van der Waals surface area contributed by atoms with Crippen LogP contribution in [0.15, 0.2) is 18.2 Å². The van der Waals surface area contributed by atoms with E-state index in [-0.39, 0.29) is 6.03 Å². The second-order valence-electron chi connectivity index (χ2n) is 6.34. The van der Waals surface area contributed by atoms with E-state index in [1.165, 1.54) is 36.9 Å². The average Bonchev–Trinajstić information content (AvgIpc) is 2.47. The van der Waals surface area contributed by atoms with Crippen LogP contribution in [0.3, 0.4) is 0 Å². The summed E-state index contributed by atoms with van der Waals surface area (Å²) in [5, 5.41) is 3.03. The minimum absolute atomic E-state index is 0.0261. The summed E-state index contributed by atoms with van der Waals surface area (Å²) in [5.74, 6) is 0. The number of anilines is 1. The Labute approximate surface area is 134 Å². The molecule has 4 nitrogen and oxygen atoms in total. The highest BCUT2D eigenvalue weighted by molar-refractivity contribution is 5.89. The Hall–Kier alpha value is -1.55. The third kappa shape index (κ3) is 5.02. The molecule has 1 N–H and O–H groups in total. The van der Waals surface area contributed by atoms with Gasteiger partial charge in [-0.15, -0.1) is 0 Å². The molecule has 0 spiro atoms. The first-order valence-corrected chi connectivity index (χ1v) is 8.45. The van der Waals surface area contributed by atoms with Gasteiger partial charge in [0, 0.05) is 31.9 Å². The summed E-state index contributed by atoms with van der Waals surface area (Å²) in [7, 11) is 0. The van der Waals surface area contributed by atoms with Crippen molar-refractivity contribution in [2.24, 2.45) is 0 Å². The van der Waals surface area contributed by atoms with E-state index in [4.69, 9.17) is 0 Å². The summed E-state index contributed by atoms with van der Waals surface area (Å²) in [6.45, 7) is 11.1. The molecular formula is C18H29N3O. The molecule has 1 aromatic rings. The molecule has 0 bridgehead atoms. The number of nitrogens with one attached hydrogen (secondary N) is 1. The smallest absolute Gasteiger partial charge is 0.321 e. The molecule has 0 atom stereocenters. The second kappa shape index (κ2) is 8.18. The van der Waals surface area contributed by atoms with Crippen LogP contribution < -0.4 is 5.32 Å². The van der Waals surface area contributed by atoms with Crippen LogP contribution in [0.5, 0.6) is 0 Å². The van der Waals surface area contributed by atoms with Crippen LogP contribution in [0, 0.1) is 13.8 Å². The van der Waals surface area contributed by atoms with Crippen LogP contribution in [0.4, 0.5) is 10.5 Å². The average molecular weight is 303 g/mol. The lowest BCUT2D eigenvalue weighted by Crippen LogP contribution is -2.50. The summed E-state index contributed by atoms with van der Waals surface area (Å²) < 4.78 is 0. The second-order valence-corrected chi connectivity index (χ2v) is 6.34. The number of unbranched alkanes of at least 4 members (excludes halogenated alkanes) is 2. The highest BCUT2D eigenvalue weighted by Crippen LogP contribution is 2.15. The van der Waals surface area contributed by atoms with Gasteiger partial charge in [0.25, 0.3) is 0 Å². The Morgan fingerprint density at radius 1 is 1.05 bits per heavy atom. The van der Waals surface area contributed by atoms with Gasteiger partial charge in [0.2, 0.25) is 0 Å². The Bertz CT molecular complexity index is 473. The van der Waals surface area contributed by atoms with E-state index in [1.807, 2.05) is 17.0 Å². The lowest BCUT2D eigenvalue weighted by atomic mass is 10.1. The fraction of sp³-hybridized carbons (Fsp3) is 0.611. The zero-order chi connectivity index (χ0) is 15.9. The number of amides is 2. The zero-order valence-corrected chi connectivity index (χ0v) is 14.2. The monoisotopic (exact) mass is 303 g/mol. The molecule has 1 heterocycles. The van der Waals surface area contributed by atoms with Gasteiger partial charge in [-0.25, -0.2) is 4.79 Å². The van der Waals surface area contributed by atoms with E-state index in [2.05, 4.69) is 37.1 Å². The number of urea groups is 1. The molecule has 0 aliphatic carbocycles.